The van der Waals surface area contributed by atoms with Gasteiger partial charge in [-0.3, -0.25) is 0 Å². The Morgan fingerprint density at radius 1 is 1.35 bits per heavy atom. The van der Waals surface area contributed by atoms with Gasteiger partial charge in [0.15, 0.2) is 0 Å². The second kappa shape index (κ2) is 6.33. The molecule has 0 radical (unpaired) electrons. The molecule has 0 unspecified atom stereocenters. The molecule has 1 aromatic carbocycles. The lowest BCUT2D eigenvalue weighted by Crippen LogP contribution is -2.24. The Labute approximate surface area is 111 Å². The summed E-state index contributed by atoms with van der Waals surface area (Å²) in [6.45, 7) is 4.27. The van der Waals surface area contributed by atoms with Crippen molar-refractivity contribution < 1.29 is 8.42 Å². The number of hydrogen-bond acceptors (Lipinski definition) is 2. The van der Waals surface area contributed by atoms with Gasteiger partial charge >= 0.3 is 0 Å². The molecule has 0 aliphatic heterocycles. The Kier molecular flexibility index (Phi) is 5.36. The molecule has 0 bridgehead atoms. The average molecular weight is 318 g/mol. The van der Waals surface area contributed by atoms with Crippen molar-refractivity contribution in [3.8, 4) is 0 Å². The van der Waals surface area contributed by atoms with Crippen LogP contribution in [0.5, 0.6) is 0 Å². The molecule has 0 aromatic heterocycles. The van der Waals surface area contributed by atoms with Crippen molar-refractivity contribution in [2.24, 2.45) is 0 Å². The number of nitrogens with one attached hydrogen (secondary N) is 1. The second-order valence-electron chi connectivity index (χ2n) is 3.92. The van der Waals surface area contributed by atoms with E-state index in [1.54, 1.807) is 29.3 Å². The van der Waals surface area contributed by atoms with E-state index in [0.29, 0.717) is 17.9 Å². The van der Waals surface area contributed by atoms with Crippen LogP contribution in [-0.2, 0) is 10.0 Å². The lowest BCUT2D eigenvalue weighted by molar-refractivity contribution is 0.581. The quantitative estimate of drug-likeness (QED) is 0.907. The standard InChI is InChI=1S/C12H16BrNO2S/c1-10-3-5-12(6-4-10)17(15,16)14-8-7-11(2)9-13/h3-6,9,14H,7-8H2,1-2H3/b11-9+. The van der Waals surface area contributed by atoms with Crippen molar-refractivity contribution in [1.29, 1.82) is 0 Å². The number of sulfonamides is 1. The van der Waals surface area contributed by atoms with E-state index >= 15 is 0 Å². The Hall–Kier alpha value is -0.650. The number of rotatable bonds is 5. The number of aryl methyl sites for hydroxylation is 1. The third kappa shape index (κ3) is 4.61. The highest BCUT2D eigenvalue weighted by atomic mass is 79.9. The molecule has 0 heterocycles. The van der Waals surface area contributed by atoms with E-state index in [2.05, 4.69) is 20.7 Å². The second-order valence-corrected chi connectivity index (χ2v) is 6.14. The van der Waals surface area contributed by atoms with Crippen LogP contribution in [-0.4, -0.2) is 15.0 Å². The predicted octanol–water partition coefficient (Wildman–Crippen LogP) is 2.96. The molecule has 3 nitrogen and oxygen atoms in total. The maximum absolute atomic E-state index is 11.9. The largest absolute Gasteiger partial charge is 0.240 e. The fraction of sp³-hybridized carbons (Fsp3) is 0.333. The minimum atomic E-state index is -3.37. The van der Waals surface area contributed by atoms with Crippen LogP contribution in [0.3, 0.4) is 0 Å². The summed E-state index contributed by atoms with van der Waals surface area (Å²) in [4.78, 5) is 2.11. The Morgan fingerprint density at radius 3 is 2.47 bits per heavy atom. The normalized spacial score (nSPS) is 12.8. The van der Waals surface area contributed by atoms with Gasteiger partial charge in [0.25, 0.3) is 0 Å². The van der Waals surface area contributed by atoms with Crippen LogP contribution in [0.25, 0.3) is 0 Å². The molecule has 0 aliphatic carbocycles. The highest BCUT2D eigenvalue weighted by Gasteiger charge is 2.12. The van der Waals surface area contributed by atoms with Crippen LogP contribution in [0, 0.1) is 6.92 Å². The van der Waals surface area contributed by atoms with E-state index in [1.807, 2.05) is 13.8 Å². The minimum Gasteiger partial charge on any atom is -0.211 e. The third-order valence-electron chi connectivity index (χ3n) is 2.33. The Morgan fingerprint density at radius 2 is 1.94 bits per heavy atom. The summed E-state index contributed by atoms with van der Waals surface area (Å²) in [6.07, 6.45) is 0.691. The number of benzene rings is 1. The molecule has 5 heteroatoms. The van der Waals surface area contributed by atoms with E-state index in [0.717, 1.165) is 11.1 Å². The van der Waals surface area contributed by atoms with Crippen molar-refractivity contribution in [2.45, 2.75) is 25.2 Å². The van der Waals surface area contributed by atoms with Crippen LogP contribution >= 0.6 is 15.9 Å². The zero-order valence-corrected chi connectivity index (χ0v) is 12.3. The Bertz CT molecular complexity index is 492. The summed E-state index contributed by atoms with van der Waals surface area (Å²) in [5, 5.41) is 0. The summed E-state index contributed by atoms with van der Waals surface area (Å²) in [7, 11) is -3.37. The highest BCUT2D eigenvalue weighted by Crippen LogP contribution is 2.10. The van der Waals surface area contributed by atoms with E-state index in [-0.39, 0.29) is 0 Å². The van der Waals surface area contributed by atoms with Gasteiger partial charge in [-0.05, 0) is 37.4 Å². The summed E-state index contributed by atoms with van der Waals surface area (Å²) in [6, 6.07) is 6.81. The van der Waals surface area contributed by atoms with Crippen molar-refractivity contribution >= 4 is 26.0 Å². The van der Waals surface area contributed by atoms with Crippen molar-refractivity contribution in [3.63, 3.8) is 0 Å². The van der Waals surface area contributed by atoms with Gasteiger partial charge in [-0.15, -0.1) is 0 Å². The lowest BCUT2D eigenvalue weighted by atomic mass is 10.2. The van der Waals surface area contributed by atoms with Gasteiger partial charge in [0.1, 0.15) is 0 Å². The molecule has 0 spiro atoms. The predicted molar refractivity (Wildman–Crippen MR) is 73.7 cm³/mol. The van der Waals surface area contributed by atoms with Crippen LogP contribution in [0.1, 0.15) is 18.9 Å². The molecule has 0 fully saturated rings. The highest BCUT2D eigenvalue weighted by molar-refractivity contribution is 9.11. The molecule has 0 aliphatic rings. The molecule has 1 aromatic rings. The molecule has 0 atom stereocenters. The van der Waals surface area contributed by atoms with Gasteiger partial charge in [-0.1, -0.05) is 39.2 Å². The van der Waals surface area contributed by atoms with E-state index < -0.39 is 10.0 Å². The van der Waals surface area contributed by atoms with E-state index in [1.165, 1.54) is 0 Å². The monoisotopic (exact) mass is 317 g/mol. The molecule has 17 heavy (non-hydrogen) atoms. The third-order valence-corrected chi connectivity index (χ3v) is 4.59. The summed E-state index contributed by atoms with van der Waals surface area (Å²) < 4.78 is 26.3. The zero-order chi connectivity index (χ0) is 12.9. The van der Waals surface area contributed by atoms with Gasteiger partial charge < -0.3 is 0 Å². The molecule has 0 amide bonds. The summed E-state index contributed by atoms with van der Waals surface area (Å²) >= 11 is 3.21. The first-order valence-electron chi connectivity index (χ1n) is 5.28. The first-order valence-corrected chi connectivity index (χ1v) is 7.68. The maximum Gasteiger partial charge on any atom is 0.240 e. The lowest BCUT2D eigenvalue weighted by Gasteiger charge is -2.06. The summed E-state index contributed by atoms with van der Waals surface area (Å²) in [5.41, 5.74) is 2.14. The maximum atomic E-state index is 11.9. The molecular weight excluding hydrogens is 302 g/mol. The molecule has 1 rings (SSSR count). The molecular formula is C12H16BrNO2S. The smallest absolute Gasteiger partial charge is 0.211 e. The van der Waals surface area contributed by atoms with Gasteiger partial charge in [-0.25, -0.2) is 13.1 Å². The Balaban J connectivity index is 2.66. The van der Waals surface area contributed by atoms with Crippen molar-refractivity contribution in [3.05, 3.63) is 40.4 Å². The van der Waals surface area contributed by atoms with Crippen LogP contribution in [0.15, 0.2) is 39.7 Å². The van der Waals surface area contributed by atoms with Crippen LogP contribution in [0.4, 0.5) is 0 Å². The van der Waals surface area contributed by atoms with Gasteiger partial charge in [0.2, 0.25) is 10.0 Å². The molecule has 0 saturated carbocycles. The van der Waals surface area contributed by atoms with Crippen LogP contribution < -0.4 is 4.72 Å². The molecule has 94 valence electrons. The number of halogens is 1. The topological polar surface area (TPSA) is 46.2 Å². The molecule has 1 N–H and O–H groups in total. The first-order chi connectivity index (χ1) is 7.95. The minimum absolute atomic E-state index is 0.309. The summed E-state index contributed by atoms with van der Waals surface area (Å²) in [5.74, 6) is 0. The fourth-order valence-electron chi connectivity index (χ4n) is 1.24. The fourth-order valence-corrected chi connectivity index (χ4v) is 2.50. The van der Waals surface area contributed by atoms with Crippen molar-refractivity contribution in [2.75, 3.05) is 6.54 Å². The average Bonchev–Trinajstić information content (AvgIpc) is 2.29. The number of hydrogen-bond donors (Lipinski definition) is 1. The SMILES string of the molecule is C/C(=C\Br)CCNS(=O)(=O)c1ccc(C)cc1. The van der Waals surface area contributed by atoms with E-state index in [4.69, 9.17) is 0 Å². The van der Waals surface area contributed by atoms with Crippen LogP contribution in [0.2, 0.25) is 0 Å². The molecule has 0 saturated heterocycles. The zero-order valence-electron chi connectivity index (χ0n) is 9.90. The first kappa shape index (κ1) is 14.4. The van der Waals surface area contributed by atoms with Gasteiger partial charge in [-0.2, -0.15) is 0 Å². The van der Waals surface area contributed by atoms with Crippen molar-refractivity contribution in [1.82, 2.24) is 4.72 Å². The van der Waals surface area contributed by atoms with E-state index in [9.17, 15) is 8.42 Å². The van der Waals surface area contributed by atoms with Gasteiger partial charge in [0, 0.05) is 6.54 Å². The van der Waals surface area contributed by atoms with Gasteiger partial charge in [0.05, 0.1) is 4.90 Å².